The van der Waals surface area contributed by atoms with E-state index in [4.69, 9.17) is 16.3 Å². The Balaban J connectivity index is 2.01. The molecule has 18 heavy (non-hydrogen) atoms. The zero-order valence-corrected chi connectivity index (χ0v) is 10.7. The molecule has 0 amide bonds. The lowest BCUT2D eigenvalue weighted by Crippen LogP contribution is -2.00. The van der Waals surface area contributed by atoms with Crippen molar-refractivity contribution in [2.45, 2.75) is 12.7 Å². The SMILES string of the molecule is OC(CCl)c1cccc(OCc2ccccc2)c1. The summed E-state index contributed by atoms with van der Waals surface area (Å²) in [5.74, 6) is 0.919. The number of hydrogen-bond donors (Lipinski definition) is 1. The summed E-state index contributed by atoms with van der Waals surface area (Å²) in [5.41, 5.74) is 1.89. The maximum atomic E-state index is 9.65. The number of halogens is 1. The Morgan fingerprint density at radius 3 is 2.56 bits per heavy atom. The van der Waals surface area contributed by atoms with Crippen molar-refractivity contribution in [2.75, 3.05) is 5.88 Å². The molecule has 0 saturated carbocycles. The van der Waals surface area contributed by atoms with Gasteiger partial charge in [-0.15, -0.1) is 11.6 Å². The van der Waals surface area contributed by atoms with Crippen molar-refractivity contribution in [1.29, 1.82) is 0 Å². The second-order valence-corrected chi connectivity index (χ2v) is 4.33. The van der Waals surface area contributed by atoms with Gasteiger partial charge in [0.2, 0.25) is 0 Å². The molecule has 0 radical (unpaired) electrons. The van der Waals surface area contributed by atoms with Gasteiger partial charge in [0.05, 0.1) is 12.0 Å². The molecule has 0 aliphatic rings. The second kappa shape index (κ2) is 6.43. The number of aliphatic hydroxyl groups excluding tert-OH is 1. The quantitative estimate of drug-likeness (QED) is 0.836. The zero-order valence-electron chi connectivity index (χ0n) is 9.92. The largest absolute Gasteiger partial charge is 0.489 e. The summed E-state index contributed by atoms with van der Waals surface area (Å²) < 4.78 is 5.67. The monoisotopic (exact) mass is 262 g/mol. The molecule has 0 fully saturated rings. The fraction of sp³-hybridized carbons (Fsp3) is 0.200. The summed E-state index contributed by atoms with van der Waals surface area (Å²) in [5, 5.41) is 9.65. The predicted molar refractivity (Wildman–Crippen MR) is 72.9 cm³/mol. The lowest BCUT2D eigenvalue weighted by atomic mass is 10.1. The van der Waals surface area contributed by atoms with E-state index in [2.05, 4.69) is 0 Å². The van der Waals surface area contributed by atoms with Gasteiger partial charge in [-0.3, -0.25) is 0 Å². The maximum Gasteiger partial charge on any atom is 0.120 e. The third-order valence-corrected chi connectivity index (χ3v) is 2.93. The van der Waals surface area contributed by atoms with Crippen LogP contribution >= 0.6 is 11.6 Å². The molecule has 1 atom stereocenters. The van der Waals surface area contributed by atoms with Crippen molar-refractivity contribution >= 4 is 11.6 Å². The Bertz CT molecular complexity index is 485. The number of rotatable bonds is 5. The Labute approximate surface area is 112 Å². The average molecular weight is 263 g/mol. The van der Waals surface area contributed by atoms with Crippen molar-refractivity contribution in [3.63, 3.8) is 0 Å². The fourth-order valence-corrected chi connectivity index (χ4v) is 1.82. The van der Waals surface area contributed by atoms with Crippen LogP contribution in [0.15, 0.2) is 54.6 Å². The van der Waals surface area contributed by atoms with Crippen molar-refractivity contribution in [2.24, 2.45) is 0 Å². The van der Waals surface area contributed by atoms with Crippen LogP contribution in [0.1, 0.15) is 17.2 Å². The minimum atomic E-state index is -0.646. The number of alkyl halides is 1. The third kappa shape index (κ3) is 3.49. The van der Waals surface area contributed by atoms with Gasteiger partial charge in [-0.1, -0.05) is 42.5 Å². The molecular formula is C15H15ClO2. The van der Waals surface area contributed by atoms with Crippen LogP contribution in [0.5, 0.6) is 5.75 Å². The molecule has 0 aliphatic carbocycles. The molecule has 0 spiro atoms. The topological polar surface area (TPSA) is 29.5 Å². The number of ether oxygens (including phenoxy) is 1. The van der Waals surface area contributed by atoms with Gasteiger partial charge in [0.25, 0.3) is 0 Å². The minimum absolute atomic E-state index is 0.183. The lowest BCUT2D eigenvalue weighted by molar-refractivity contribution is 0.201. The Kier molecular flexibility index (Phi) is 4.62. The molecule has 0 saturated heterocycles. The first-order chi connectivity index (χ1) is 8.79. The first-order valence-electron chi connectivity index (χ1n) is 5.80. The van der Waals surface area contributed by atoms with E-state index >= 15 is 0 Å². The van der Waals surface area contributed by atoms with Crippen LogP contribution in [0.3, 0.4) is 0 Å². The smallest absolute Gasteiger partial charge is 0.120 e. The second-order valence-electron chi connectivity index (χ2n) is 4.02. The molecule has 3 heteroatoms. The predicted octanol–water partition coefficient (Wildman–Crippen LogP) is 3.54. The Morgan fingerprint density at radius 2 is 1.83 bits per heavy atom. The van der Waals surface area contributed by atoms with Crippen LogP contribution in [-0.4, -0.2) is 11.0 Å². The van der Waals surface area contributed by atoms with Crippen LogP contribution < -0.4 is 4.74 Å². The molecule has 1 N–H and O–H groups in total. The van der Waals surface area contributed by atoms with Crippen LogP contribution in [0.4, 0.5) is 0 Å². The highest BCUT2D eigenvalue weighted by atomic mass is 35.5. The first-order valence-corrected chi connectivity index (χ1v) is 6.34. The average Bonchev–Trinajstić information content (AvgIpc) is 2.45. The fourth-order valence-electron chi connectivity index (χ4n) is 1.64. The van der Waals surface area contributed by atoms with Gasteiger partial charge in [0.1, 0.15) is 12.4 Å². The maximum absolute atomic E-state index is 9.65. The van der Waals surface area contributed by atoms with Crippen molar-refractivity contribution in [1.82, 2.24) is 0 Å². The summed E-state index contributed by atoms with van der Waals surface area (Å²) in [6.07, 6.45) is -0.646. The Morgan fingerprint density at radius 1 is 1.06 bits per heavy atom. The van der Waals surface area contributed by atoms with Crippen molar-refractivity contribution in [3.05, 3.63) is 65.7 Å². The van der Waals surface area contributed by atoms with E-state index in [0.717, 1.165) is 16.9 Å². The molecule has 2 aromatic rings. The normalized spacial score (nSPS) is 12.1. The van der Waals surface area contributed by atoms with Gasteiger partial charge < -0.3 is 9.84 Å². The van der Waals surface area contributed by atoms with Crippen molar-refractivity contribution in [3.8, 4) is 5.75 Å². The molecule has 2 rings (SSSR count). The van der Waals surface area contributed by atoms with Crippen LogP contribution in [0.2, 0.25) is 0 Å². The molecule has 1 unspecified atom stereocenters. The summed E-state index contributed by atoms with van der Waals surface area (Å²) in [4.78, 5) is 0. The van der Waals surface area contributed by atoms with E-state index in [0.29, 0.717) is 6.61 Å². The van der Waals surface area contributed by atoms with E-state index in [9.17, 15) is 5.11 Å². The minimum Gasteiger partial charge on any atom is -0.489 e. The Hall–Kier alpha value is -1.51. The van der Waals surface area contributed by atoms with Gasteiger partial charge in [0.15, 0.2) is 0 Å². The molecular weight excluding hydrogens is 248 g/mol. The summed E-state index contributed by atoms with van der Waals surface area (Å²) in [6.45, 7) is 0.515. The summed E-state index contributed by atoms with van der Waals surface area (Å²) in [7, 11) is 0. The van der Waals surface area contributed by atoms with E-state index in [1.165, 1.54) is 0 Å². The number of benzene rings is 2. The zero-order chi connectivity index (χ0) is 12.8. The third-order valence-electron chi connectivity index (χ3n) is 2.64. The molecule has 2 nitrogen and oxygen atoms in total. The van der Waals surface area contributed by atoms with E-state index in [1.54, 1.807) is 0 Å². The molecule has 0 bridgehead atoms. The highest BCUT2D eigenvalue weighted by molar-refractivity contribution is 6.18. The summed E-state index contributed by atoms with van der Waals surface area (Å²) in [6, 6.07) is 17.3. The van der Waals surface area contributed by atoms with Gasteiger partial charge in [-0.05, 0) is 23.3 Å². The van der Waals surface area contributed by atoms with Crippen LogP contribution in [-0.2, 0) is 6.61 Å². The lowest BCUT2D eigenvalue weighted by Gasteiger charge is -2.10. The molecule has 2 aromatic carbocycles. The highest BCUT2D eigenvalue weighted by Gasteiger charge is 2.06. The molecule has 94 valence electrons. The van der Waals surface area contributed by atoms with Gasteiger partial charge in [0, 0.05) is 0 Å². The van der Waals surface area contributed by atoms with Crippen LogP contribution in [0, 0.1) is 0 Å². The van der Waals surface area contributed by atoms with Gasteiger partial charge >= 0.3 is 0 Å². The number of hydrogen-bond acceptors (Lipinski definition) is 2. The van der Waals surface area contributed by atoms with Crippen LogP contribution in [0.25, 0.3) is 0 Å². The molecule has 0 aromatic heterocycles. The van der Waals surface area contributed by atoms with E-state index in [1.807, 2.05) is 54.6 Å². The van der Waals surface area contributed by atoms with E-state index < -0.39 is 6.10 Å². The van der Waals surface area contributed by atoms with Crippen molar-refractivity contribution < 1.29 is 9.84 Å². The standard InChI is InChI=1S/C15H15ClO2/c16-10-15(17)13-7-4-8-14(9-13)18-11-12-5-2-1-3-6-12/h1-9,15,17H,10-11H2. The van der Waals surface area contributed by atoms with Gasteiger partial charge in [-0.25, -0.2) is 0 Å². The molecule has 0 heterocycles. The van der Waals surface area contributed by atoms with E-state index in [-0.39, 0.29) is 5.88 Å². The number of aliphatic hydroxyl groups is 1. The highest BCUT2D eigenvalue weighted by Crippen LogP contribution is 2.20. The summed E-state index contributed by atoms with van der Waals surface area (Å²) >= 11 is 5.62. The molecule has 0 aliphatic heterocycles. The van der Waals surface area contributed by atoms with Gasteiger partial charge in [-0.2, -0.15) is 0 Å². The first kappa shape index (κ1) is 12.9.